The van der Waals surface area contributed by atoms with Crippen LogP contribution in [0, 0.1) is 5.92 Å². The van der Waals surface area contributed by atoms with Gasteiger partial charge in [-0.15, -0.1) is 0 Å². The van der Waals surface area contributed by atoms with Crippen LogP contribution in [0.4, 0.5) is 0 Å². The second kappa shape index (κ2) is 3.96. The molecule has 0 saturated carbocycles. The fourth-order valence-electron chi connectivity index (χ4n) is 1.81. The summed E-state index contributed by atoms with van der Waals surface area (Å²) in [5.41, 5.74) is 1.27. The number of hydrogen-bond acceptors (Lipinski definition) is 3. The zero-order valence-corrected chi connectivity index (χ0v) is 8.23. The molecule has 2 unspecified atom stereocenters. The van der Waals surface area contributed by atoms with Gasteiger partial charge < -0.3 is 14.3 Å². The molecule has 76 valence electrons. The molecule has 0 aromatic rings. The van der Waals surface area contributed by atoms with E-state index < -0.39 is 0 Å². The summed E-state index contributed by atoms with van der Waals surface area (Å²) < 4.78 is 10.7. The summed E-state index contributed by atoms with van der Waals surface area (Å²) in [5, 5.41) is 0. The smallest absolute Gasteiger partial charge is 0.189 e. The van der Waals surface area contributed by atoms with E-state index in [1.54, 1.807) is 0 Å². The molecule has 0 amide bonds. The van der Waals surface area contributed by atoms with Crippen LogP contribution in [0.1, 0.15) is 19.8 Å². The van der Waals surface area contributed by atoms with Crippen molar-refractivity contribution in [2.75, 3.05) is 6.79 Å². The zero-order valence-electron chi connectivity index (χ0n) is 8.23. The quantitative estimate of drug-likeness (QED) is 0.642. The normalized spacial score (nSPS) is 27.1. The Bertz CT molecular complexity index is 291. The van der Waals surface area contributed by atoms with E-state index in [-0.39, 0.29) is 6.10 Å². The van der Waals surface area contributed by atoms with Gasteiger partial charge in [-0.3, -0.25) is 0 Å². The van der Waals surface area contributed by atoms with Crippen LogP contribution in [0.2, 0.25) is 0 Å². The Morgan fingerprint density at radius 1 is 1.64 bits per heavy atom. The van der Waals surface area contributed by atoms with Gasteiger partial charge in [-0.25, -0.2) is 0 Å². The number of allylic oxidation sites excluding steroid dienone is 2. The van der Waals surface area contributed by atoms with Crippen molar-refractivity contribution in [1.29, 1.82) is 0 Å². The van der Waals surface area contributed by atoms with E-state index in [4.69, 9.17) is 9.47 Å². The molecule has 0 radical (unpaired) electrons. The van der Waals surface area contributed by atoms with Gasteiger partial charge in [0.25, 0.3) is 0 Å². The first-order chi connectivity index (χ1) is 6.81. The molecule has 1 saturated heterocycles. The molecule has 2 atom stereocenters. The van der Waals surface area contributed by atoms with Crippen LogP contribution in [0.15, 0.2) is 23.5 Å². The highest BCUT2D eigenvalue weighted by Crippen LogP contribution is 2.31. The number of ether oxygens (including phenoxy) is 2. The van der Waals surface area contributed by atoms with Crippen LogP contribution in [0.25, 0.3) is 0 Å². The minimum absolute atomic E-state index is 0.0871. The van der Waals surface area contributed by atoms with Crippen molar-refractivity contribution < 1.29 is 14.3 Å². The third kappa shape index (κ3) is 1.73. The summed E-state index contributed by atoms with van der Waals surface area (Å²) in [6, 6.07) is 0. The first-order valence-corrected chi connectivity index (χ1v) is 4.90. The van der Waals surface area contributed by atoms with Gasteiger partial charge in [0.2, 0.25) is 0 Å². The Kier molecular flexibility index (Phi) is 2.68. The van der Waals surface area contributed by atoms with Gasteiger partial charge >= 0.3 is 0 Å². The summed E-state index contributed by atoms with van der Waals surface area (Å²) in [6.07, 6.45) is 6.51. The first-order valence-electron chi connectivity index (χ1n) is 4.90. The third-order valence-electron chi connectivity index (χ3n) is 2.78. The summed E-state index contributed by atoms with van der Waals surface area (Å²) in [7, 11) is 0. The van der Waals surface area contributed by atoms with Crippen molar-refractivity contribution in [3.05, 3.63) is 23.5 Å². The fraction of sp³-hybridized carbons (Fsp3) is 0.545. The largest absolute Gasteiger partial charge is 0.469 e. The SMILES string of the molecule is CC(CC=O)C1=CC=C2OCOC2C1. The lowest BCUT2D eigenvalue weighted by Crippen LogP contribution is -2.15. The van der Waals surface area contributed by atoms with Gasteiger partial charge in [0.1, 0.15) is 18.1 Å². The molecule has 1 aliphatic carbocycles. The topological polar surface area (TPSA) is 35.5 Å². The van der Waals surface area contributed by atoms with Gasteiger partial charge in [-0.2, -0.15) is 0 Å². The third-order valence-corrected chi connectivity index (χ3v) is 2.78. The molecule has 0 aromatic carbocycles. The minimum Gasteiger partial charge on any atom is -0.469 e. The number of aldehydes is 1. The molecule has 0 aromatic heterocycles. The molecule has 3 heteroatoms. The van der Waals surface area contributed by atoms with Gasteiger partial charge in [0, 0.05) is 12.8 Å². The number of carbonyl (C=O) groups is 1. The number of carbonyl (C=O) groups excluding carboxylic acids is 1. The molecule has 1 heterocycles. The molecule has 1 fully saturated rings. The molecule has 0 N–H and O–H groups in total. The summed E-state index contributed by atoms with van der Waals surface area (Å²) >= 11 is 0. The predicted octanol–water partition coefficient (Wildman–Crippen LogP) is 1.80. The van der Waals surface area contributed by atoms with E-state index >= 15 is 0 Å². The van der Waals surface area contributed by atoms with Crippen LogP contribution in [-0.2, 0) is 14.3 Å². The van der Waals surface area contributed by atoms with Crippen molar-refractivity contribution >= 4 is 6.29 Å². The predicted molar refractivity (Wildman–Crippen MR) is 51.5 cm³/mol. The van der Waals surface area contributed by atoms with Crippen molar-refractivity contribution in [2.45, 2.75) is 25.9 Å². The lowest BCUT2D eigenvalue weighted by molar-refractivity contribution is -0.108. The molecule has 14 heavy (non-hydrogen) atoms. The van der Waals surface area contributed by atoms with Crippen LogP contribution in [0.5, 0.6) is 0 Å². The van der Waals surface area contributed by atoms with Crippen LogP contribution >= 0.6 is 0 Å². The molecule has 0 bridgehead atoms. The first kappa shape index (κ1) is 9.46. The van der Waals surface area contributed by atoms with Gasteiger partial charge in [0.15, 0.2) is 6.79 Å². The molecule has 3 nitrogen and oxygen atoms in total. The van der Waals surface area contributed by atoms with Gasteiger partial charge in [-0.05, 0) is 12.0 Å². The number of hydrogen-bond donors (Lipinski definition) is 0. The van der Waals surface area contributed by atoms with Crippen molar-refractivity contribution in [3.8, 4) is 0 Å². The summed E-state index contributed by atoms with van der Waals surface area (Å²) in [4.78, 5) is 10.4. The highest BCUT2D eigenvalue weighted by Gasteiger charge is 2.28. The lowest BCUT2D eigenvalue weighted by atomic mass is 9.89. The van der Waals surface area contributed by atoms with E-state index in [1.807, 2.05) is 6.08 Å². The molecule has 1 aliphatic heterocycles. The average Bonchev–Trinajstić information content (AvgIpc) is 2.64. The van der Waals surface area contributed by atoms with Gasteiger partial charge in [-0.1, -0.05) is 18.6 Å². The van der Waals surface area contributed by atoms with Crippen molar-refractivity contribution in [2.24, 2.45) is 5.92 Å². The summed E-state index contributed by atoms with van der Waals surface area (Å²) in [5.74, 6) is 1.24. The maximum absolute atomic E-state index is 10.4. The Hall–Kier alpha value is -1.09. The second-order valence-corrected chi connectivity index (χ2v) is 3.74. The molecule has 2 rings (SSSR count). The van der Waals surface area contributed by atoms with E-state index in [9.17, 15) is 4.79 Å². The minimum atomic E-state index is 0.0871. The maximum atomic E-state index is 10.4. The molecule has 2 aliphatic rings. The van der Waals surface area contributed by atoms with Crippen molar-refractivity contribution in [3.63, 3.8) is 0 Å². The highest BCUT2D eigenvalue weighted by molar-refractivity contribution is 5.51. The highest BCUT2D eigenvalue weighted by atomic mass is 16.7. The lowest BCUT2D eigenvalue weighted by Gasteiger charge is -2.19. The van der Waals surface area contributed by atoms with E-state index in [2.05, 4.69) is 13.0 Å². The Morgan fingerprint density at radius 2 is 2.50 bits per heavy atom. The molecule has 0 spiro atoms. The monoisotopic (exact) mass is 194 g/mol. The molecular formula is C11H14O3. The Morgan fingerprint density at radius 3 is 3.29 bits per heavy atom. The molecular weight excluding hydrogens is 180 g/mol. The van der Waals surface area contributed by atoms with E-state index in [0.29, 0.717) is 19.1 Å². The number of rotatable bonds is 3. The maximum Gasteiger partial charge on any atom is 0.189 e. The van der Waals surface area contributed by atoms with E-state index in [1.165, 1.54) is 5.57 Å². The standard InChI is InChI=1S/C11H14O3/c1-8(4-5-12)9-2-3-10-11(6-9)14-7-13-10/h2-3,5,8,11H,4,6-7H2,1H3. The van der Waals surface area contributed by atoms with Crippen LogP contribution in [0.3, 0.4) is 0 Å². The summed E-state index contributed by atoms with van der Waals surface area (Å²) in [6.45, 7) is 2.43. The fourth-order valence-corrected chi connectivity index (χ4v) is 1.81. The second-order valence-electron chi connectivity index (χ2n) is 3.74. The van der Waals surface area contributed by atoms with E-state index in [0.717, 1.165) is 18.5 Å². The zero-order chi connectivity index (χ0) is 9.97. The van der Waals surface area contributed by atoms with Crippen LogP contribution in [-0.4, -0.2) is 19.2 Å². The average molecular weight is 194 g/mol. The Labute approximate surface area is 83.4 Å². The van der Waals surface area contributed by atoms with Crippen LogP contribution < -0.4 is 0 Å². The van der Waals surface area contributed by atoms with Gasteiger partial charge in [0.05, 0.1) is 0 Å². The number of fused-ring (bicyclic) bond motifs is 1. The Balaban J connectivity index is 2.05. The van der Waals surface area contributed by atoms with Crippen molar-refractivity contribution in [1.82, 2.24) is 0 Å².